The Hall–Kier alpha value is -1.12. The van der Waals surface area contributed by atoms with E-state index in [0.717, 1.165) is 25.5 Å². The van der Waals surface area contributed by atoms with Crippen LogP contribution < -0.4 is 0 Å². The normalized spacial score (nSPS) is 12.5. The zero-order chi connectivity index (χ0) is 14.3. The molecule has 0 amide bonds. The van der Waals surface area contributed by atoms with Crippen LogP contribution >= 0.6 is 0 Å². The highest BCUT2D eigenvalue weighted by Crippen LogP contribution is 2.11. The van der Waals surface area contributed by atoms with Gasteiger partial charge < -0.3 is 4.74 Å². The van der Waals surface area contributed by atoms with E-state index in [1.165, 1.54) is 39.0 Å². The van der Waals surface area contributed by atoms with Gasteiger partial charge in [-0.05, 0) is 32.1 Å². The van der Waals surface area contributed by atoms with E-state index in [4.69, 9.17) is 4.74 Å². The predicted molar refractivity (Wildman–Crippen MR) is 78.0 cm³/mol. The lowest BCUT2D eigenvalue weighted by molar-refractivity contribution is -0.149. The molecule has 1 atom stereocenters. The molecule has 0 saturated carbocycles. The Labute approximate surface area is 117 Å². The number of unbranched alkanes of at least 4 members (excludes halogenated alkanes) is 6. The second-order valence-electron chi connectivity index (χ2n) is 4.86. The summed E-state index contributed by atoms with van der Waals surface area (Å²) in [7, 11) is 0. The molecule has 0 heterocycles. The van der Waals surface area contributed by atoms with Gasteiger partial charge in [0.25, 0.3) is 0 Å². The van der Waals surface area contributed by atoms with Crippen LogP contribution in [0.25, 0.3) is 0 Å². The highest BCUT2D eigenvalue weighted by molar-refractivity contribution is 5.69. The van der Waals surface area contributed by atoms with Gasteiger partial charge in [0, 0.05) is 6.92 Å². The summed E-state index contributed by atoms with van der Waals surface area (Å²) in [6, 6.07) is 0. The minimum Gasteiger partial charge on any atom is -0.455 e. The van der Waals surface area contributed by atoms with Crippen LogP contribution in [0.3, 0.4) is 0 Å². The van der Waals surface area contributed by atoms with Crippen LogP contribution in [0.4, 0.5) is 0 Å². The fraction of sp³-hybridized carbons (Fsp3) is 0.750. The van der Waals surface area contributed by atoms with Gasteiger partial charge in [-0.25, -0.2) is 0 Å². The number of allylic oxidation sites excluding steroid dienone is 2. The van der Waals surface area contributed by atoms with Crippen LogP contribution in [0.1, 0.15) is 71.6 Å². The molecule has 19 heavy (non-hydrogen) atoms. The summed E-state index contributed by atoms with van der Waals surface area (Å²) >= 11 is 0. The Balaban J connectivity index is 3.32. The molecule has 0 N–H and O–H groups in total. The largest absolute Gasteiger partial charge is 0.455 e. The third-order valence-corrected chi connectivity index (χ3v) is 2.98. The highest BCUT2D eigenvalue weighted by atomic mass is 16.5. The molecule has 0 aliphatic carbocycles. The van der Waals surface area contributed by atoms with E-state index >= 15 is 0 Å². The van der Waals surface area contributed by atoms with Crippen molar-refractivity contribution in [1.29, 1.82) is 0 Å². The molecule has 0 rings (SSSR count). The second kappa shape index (κ2) is 13.3. The smallest absolute Gasteiger partial charge is 0.303 e. The molecule has 1 unspecified atom stereocenters. The van der Waals surface area contributed by atoms with Gasteiger partial charge in [0.2, 0.25) is 0 Å². The van der Waals surface area contributed by atoms with E-state index in [2.05, 4.69) is 19.1 Å². The Morgan fingerprint density at radius 1 is 1.05 bits per heavy atom. The molecule has 0 spiro atoms. The maximum Gasteiger partial charge on any atom is 0.303 e. The highest BCUT2D eigenvalue weighted by Gasteiger charge is 2.09. The molecule has 0 saturated heterocycles. The van der Waals surface area contributed by atoms with Crippen molar-refractivity contribution in [3.8, 4) is 0 Å². The summed E-state index contributed by atoms with van der Waals surface area (Å²) < 4.78 is 4.87. The zero-order valence-corrected chi connectivity index (χ0v) is 12.4. The lowest BCUT2D eigenvalue weighted by atomic mass is 10.1. The van der Waals surface area contributed by atoms with Gasteiger partial charge in [-0.1, -0.05) is 44.8 Å². The van der Waals surface area contributed by atoms with Crippen molar-refractivity contribution in [1.82, 2.24) is 0 Å². The molecule has 0 fully saturated rings. The average molecular weight is 268 g/mol. The van der Waals surface area contributed by atoms with Gasteiger partial charge in [0.05, 0.1) is 0 Å². The minimum absolute atomic E-state index is 0.378. The van der Waals surface area contributed by atoms with Gasteiger partial charge in [-0.15, -0.1) is 0 Å². The Kier molecular flexibility index (Phi) is 12.5. The van der Waals surface area contributed by atoms with Gasteiger partial charge in [0.1, 0.15) is 0 Å². The van der Waals surface area contributed by atoms with Crippen molar-refractivity contribution in [2.24, 2.45) is 0 Å². The van der Waals surface area contributed by atoms with Crippen molar-refractivity contribution in [3.05, 3.63) is 12.2 Å². The molecule has 0 bridgehead atoms. The molecule has 0 aliphatic rings. The lowest BCUT2D eigenvalue weighted by Crippen LogP contribution is -2.17. The average Bonchev–Trinajstić information content (AvgIpc) is 2.39. The number of ether oxygens (including phenoxy) is 1. The van der Waals surface area contributed by atoms with Gasteiger partial charge in [-0.2, -0.15) is 0 Å². The van der Waals surface area contributed by atoms with Crippen molar-refractivity contribution < 1.29 is 14.3 Å². The topological polar surface area (TPSA) is 43.4 Å². The lowest BCUT2D eigenvalue weighted by Gasteiger charge is -2.09. The SMILES string of the molecule is CC/C=C\CCCCCCCCC(C=O)OC(C)=O. The molecule has 0 aliphatic heterocycles. The number of esters is 1. The first kappa shape index (κ1) is 17.9. The number of rotatable bonds is 12. The van der Waals surface area contributed by atoms with E-state index in [9.17, 15) is 9.59 Å². The monoisotopic (exact) mass is 268 g/mol. The summed E-state index contributed by atoms with van der Waals surface area (Å²) in [5, 5.41) is 0. The van der Waals surface area contributed by atoms with Crippen LogP contribution in [0.5, 0.6) is 0 Å². The van der Waals surface area contributed by atoms with Crippen LogP contribution in [0.2, 0.25) is 0 Å². The molecule has 0 aromatic carbocycles. The molecule has 3 heteroatoms. The fourth-order valence-corrected chi connectivity index (χ4v) is 1.97. The molecular formula is C16H28O3. The molecule has 110 valence electrons. The second-order valence-corrected chi connectivity index (χ2v) is 4.86. The van der Waals surface area contributed by atoms with E-state index in [1.807, 2.05) is 0 Å². The van der Waals surface area contributed by atoms with Gasteiger partial charge >= 0.3 is 5.97 Å². The zero-order valence-electron chi connectivity index (χ0n) is 12.4. The summed E-state index contributed by atoms with van der Waals surface area (Å²) in [5.74, 6) is -0.378. The van der Waals surface area contributed by atoms with E-state index < -0.39 is 6.10 Å². The predicted octanol–water partition coefficient (Wildman–Crippen LogP) is 4.20. The maximum absolute atomic E-state index is 10.7. The molecule has 0 aromatic rings. The third-order valence-electron chi connectivity index (χ3n) is 2.98. The van der Waals surface area contributed by atoms with Crippen molar-refractivity contribution in [2.75, 3.05) is 0 Å². The number of carbonyl (C=O) groups excluding carboxylic acids is 2. The number of hydrogen-bond donors (Lipinski definition) is 0. The van der Waals surface area contributed by atoms with Gasteiger partial charge in [-0.3, -0.25) is 9.59 Å². The Bertz CT molecular complexity index is 259. The summed E-state index contributed by atoms with van der Waals surface area (Å²) in [6.07, 6.45) is 14.7. The maximum atomic E-state index is 10.7. The van der Waals surface area contributed by atoms with Crippen molar-refractivity contribution in [3.63, 3.8) is 0 Å². The van der Waals surface area contributed by atoms with E-state index in [1.54, 1.807) is 0 Å². The van der Waals surface area contributed by atoms with Crippen LogP contribution in [0.15, 0.2) is 12.2 Å². The number of aldehydes is 1. The molecule has 0 radical (unpaired) electrons. The first-order chi connectivity index (χ1) is 9.20. The standard InChI is InChI=1S/C16H28O3/c1-3-4-5-6-7-8-9-10-11-12-13-16(14-17)19-15(2)18/h4-5,14,16H,3,6-13H2,1-2H3/b5-4-. The summed E-state index contributed by atoms with van der Waals surface area (Å²) in [6.45, 7) is 3.49. The first-order valence-corrected chi connectivity index (χ1v) is 7.48. The quantitative estimate of drug-likeness (QED) is 0.230. The van der Waals surface area contributed by atoms with Crippen molar-refractivity contribution >= 4 is 12.3 Å². The van der Waals surface area contributed by atoms with E-state index in [0.29, 0.717) is 6.42 Å². The van der Waals surface area contributed by atoms with Crippen LogP contribution in [0, 0.1) is 0 Å². The van der Waals surface area contributed by atoms with Crippen LogP contribution in [-0.2, 0) is 14.3 Å². The molecular weight excluding hydrogens is 240 g/mol. The summed E-state index contributed by atoms with van der Waals surface area (Å²) in [5.41, 5.74) is 0. The third kappa shape index (κ3) is 13.1. The fourth-order valence-electron chi connectivity index (χ4n) is 1.97. The Morgan fingerprint density at radius 3 is 2.26 bits per heavy atom. The van der Waals surface area contributed by atoms with E-state index in [-0.39, 0.29) is 5.97 Å². The molecule has 3 nitrogen and oxygen atoms in total. The molecule has 0 aromatic heterocycles. The number of hydrogen-bond acceptors (Lipinski definition) is 3. The Morgan fingerprint density at radius 2 is 1.68 bits per heavy atom. The minimum atomic E-state index is -0.545. The van der Waals surface area contributed by atoms with Crippen LogP contribution in [-0.4, -0.2) is 18.4 Å². The first-order valence-electron chi connectivity index (χ1n) is 7.48. The summed E-state index contributed by atoms with van der Waals surface area (Å²) in [4.78, 5) is 21.4. The number of carbonyl (C=O) groups is 2. The van der Waals surface area contributed by atoms with Gasteiger partial charge in [0.15, 0.2) is 12.4 Å². The van der Waals surface area contributed by atoms with Crippen molar-refractivity contribution in [2.45, 2.75) is 77.7 Å².